The largest absolute Gasteiger partial charge is 0.496 e. The van der Waals surface area contributed by atoms with E-state index >= 15 is 0 Å². The molecule has 2 aromatic heterocycles. The summed E-state index contributed by atoms with van der Waals surface area (Å²) < 4.78 is 8.93. The molecule has 7 heteroatoms. The molecule has 0 saturated heterocycles. The Balaban J connectivity index is 2.01. The Morgan fingerprint density at radius 2 is 1.73 bits per heavy atom. The number of methoxy groups -OCH3 is 1. The number of nitrogens with zero attached hydrogens (tertiary/aromatic N) is 3. The third-order valence-electron chi connectivity index (χ3n) is 5.17. The van der Waals surface area contributed by atoms with Crippen LogP contribution in [0.15, 0.2) is 64.2 Å². The molecule has 0 saturated carbocycles. The molecular weight excluding hydrogens is 380 g/mol. The third-order valence-corrected chi connectivity index (χ3v) is 5.17. The second-order valence-electron chi connectivity index (χ2n) is 7.14. The maximum atomic E-state index is 12.9. The average Bonchev–Trinajstić information content (AvgIpc) is 3.14. The predicted molar refractivity (Wildman–Crippen MR) is 117 cm³/mol. The van der Waals surface area contributed by atoms with Crippen molar-refractivity contribution in [3.63, 3.8) is 0 Å². The van der Waals surface area contributed by atoms with Gasteiger partial charge in [0.2, 0.25) is 0 Å². The van der Waals surface area contributed by atoms with Crippen LogP contribution in [0.2, 0.25) is 0 Å². The van der Waals surface area contributed by atoms with Crippen molar-refractivity contribution in [3.8, 4) is 17.1 Å². The summed E-state index contributed by atoms with van der Waals surface area (Å²) in [5, 5.41) is 0. The van der Waals surface area contributed by atoms with Crippen molar-refractivity contribution < 1.29 is 4.74 Å². The lowest BCUT2D eigenvalue weighted by atomic mass is 10.1. The highest BCUT2D eigenvalue weighted by Gasteiger charge is 2.20. The van der Waals surface area contributed by atoms with Gasteiger partial charge >= 0.3 is 5.69 Å². The number of fused-ring (bicyclic) bond motifs is 1. The molecule has 0 aliphatic carbocycles. The van der Waals surface area contributed by atoms with Gasteiger partial charge in [-0.25, -0.2) is 9.78 Å². The minimum absolute atomic E-state index is 0.385. The molecule has 7 nitrogen and oxygen atoms in total. The monoisotopic (exact) mass is 404 g/mol. The van der Waals surface area contributed by atoms with Crippen LogP contribution in [0.1, 0.15) is 25.3 Å². The van der Waals surface area contributed by atoms with Crippen molar-refractivity contribution in [3.05, 3.63) is 81.0 Å². The number of imidazole rings is 1. The van der Waals surface area contributed by atoms with Gasteiger partial charge in [-0.1, -0.05) is 61.9 Å². The van der Waals surface area contributed by atoms with Crippen LogP contribution in [0, 0.1) is 0 Å². The fourth-order valence-electron chi connectivity index (χ4n) is 3.66. The van der Waals surface area contributed by atoms with Crippen LogP contribution in [0.3, 0.4) is 0 Å². The number of para-hydroxylation sites is 1. The van der Waals surface area contributed by atoms with Crippen molar-refractivity contribution >= 4 is 11.2 Å². The van der Waals surface area contributed by atoms with Crippen LogP contribution in [-0.4, -0.2) is 26.2 Å². The standard InChI is InChI=1S/C23H24N4O3/c1-3-4-14-26-21-19(22(28)25-23(26)29)27(15-17-12-8-9-13-18(17)30-2)20(24-21)16-10-6-5-7-11-16/h5-13H,3-4,14-15H2,1-2H3,(H,25,28,29). The Hall–Kier alpha value is -3.61. The maximum absolute atomic E-state index is 12.9. The number of aromatic nitrogens is 4. The molecule has 0 aliphatic rings. The van der Waals surface area contributed by atoms with Crippen molar-refractivity contribution in [1.29, 1.82) is 0 Å². The van der Waals surface area contributed by atoms with Crippen molar-refractivity contribution in [2.75, 3.05) is 7.11 Å². The lowest BCUT2D eigenvalue weighted by Crippen LogP contribution is -2.31. The van der Waals surface area contributed by atoms with Crippen LogP contribution in [0.25, 0.3) is 22.6 Å². The van der Waals surface area contributed by atoms with E-state index in [4.69, 9.17) is 9.72 Å². The molecule has 4 aromatic rings. The Bertz CT molecular complexity index is 1290. The first-order valence-electron chi connectivity index (χ1n) is 10.0. The lowest BCUT2D eigenvalue weighted by molar-refractivity contribution is 0.408. The number of hydrogen-bond donors (Lipinski definition) is 1. The van der Waals surface area contributed by atoms with E-state index in [1.165, 1.54) is 0 Å². The van der Waals surface area contributed by atoms with Crippen LogP contribution in [-0.2, 0) is 13.1 Å². The van der Waals surface area contributed by atoms with Gasteiger partial charge in [-0.05, 0) is 12.5 Å². The van der Waals surface area contributed by atoms with E-state index in [1.807, 2.05) is 59.2 Å². The number of rotatable bonds is 7. The molecule has 0 unspecified atom stereocenters. The van der Waals surface area contributed by atoms with E-state index in [1.54, 1.807) is 11.7 Å². The SMILES string of the molecule is CCCCn1c(=O)[nH]c(=O)c2c1nc(-c1ccccc1)n2Cc1ccccc1OC. The zero-order valence-corrected chi connectivity index (χ0v) is 17.1. The number of nitrogens with one attached hydrogen (secondary N) is 1. The summed E-state index contributed by atoms with van der Waals surface area (Å²) in [6.07, 6.45) is 1.75. The van der Waals surface area contributed by atoms with Gasteiger partial charge in [-0.3, -0.25) is 14.3 Å². The van der Waals surface area contributed by atoms with E-state index in [-0.39, 0.29) is 0 Å². The zero-order chi connectivity index (χ0) is 21.1. The predicted octanol–water partition coefficient (Wildman–Crippen LogP) is 3.41. The number of unbranched alkanes of at least 4 members (excludes halogenated alkanes) is 1. The van der Waals surface area contributed by atoms with E-state index < -0.39 is 11.2 Å². The summed E-state index contributed by atoms with van der Waals surface area (Å²) in [7, 11) is 1.62. The quantitative estimate of drug-likeness (QED) is 0.512. The summed E-state index contributed by atoms with van der Waals surface area (Å²) in [6.45, 7) is 2.95. The van der Waals surface area contributed by atoms with Gasteiger partial charge in [0, 0.05) is 17.7 Å². The van der Waals surface area contributed by atoms with Gasteiger partial charge in [-0.2, -0.15) is 0 Å². The van der Waals surface area contributed by atoms with Crippen LogP contribution < -0.4 is 16.0 Å². The fraction of sp³-hybridized carbons (Fsp3) is 0.261. The molecule has 0 radical (unpaired) electrons. The van der Waals surface area contributed by atoms with E-state index in [2.05, 4.69) is 11.9 Å². The molecule has 0 atom stereocenters. The lowest BCUT2D eigenvalue weighted by Gasteiger charge is -2.12. The summed E-state index contributed by atoms with van der Waals surface area (Å²) in [5.41, 5.74) is 1.72. The molecule has 0 spiro atoms. The Kier molecular flexibility index (Phi) is 5.52. The zero-order valence-electron chi connectivity index (χ0n) is 17.1. The summed E-state index contributed by atoms with van der Waals surface area (Å²) in [4.78, 5) is 32.6. The minimum Gasteiger partial charge on any atom is -0.496 e. The van der Waals surface area contributed by atoms with Gasteiger partial charge in [0.1, 0.15) is 11.6 Å². The molecule has 2 heterocycles. The van der Waals surface area contributed by atoms with Gasteiger partial charge in [0.25, 0.3) is 5.56 Å². The molecule has 30 heavy (non-hydrogen) atoms. The Morgan fingerprint density at radius 3 is 2.47 bits per heavy atom. The number of aromatic amines is 1. The number of hydrogen-bond acceptors (Lipinski definition) is 4. The van der Waals surface area contributed by atoms with E-state index in [0.29, 0.717) is 30.1 Å². The summed E-state index contributed by atoms with van der Waals surface area (Å²) >= 11 is 0. The molecule has 0 fully saturated rings. The Labute approximate surface area is 173 Å². The number of ether oxygens (including phenoxy) is 1. The summed E-state index contributed by atoms with van der Waals surface area (Å²) in [5.74, 6) is 1.37. The molecule has 0 aliphatic heterocycles. The molecule has 2 aromatic carbocycles. The highest BCUT2D eigenvalue weighted by atomic mass is 16.5. The molecular formula is C23H24N4O3. The Morgan fingerprint density at radius 1 is 1.00 bits per heavy atom. The highest BCUT2D eigenvalue weighted by Crippen LogP contribution is 2.26. The first-order valence-corrected chi connectivity index (χ1v) is 10.0. The molecule has 154 valence electrons. The maximum Gasteiger partial charge on any atom is 0.330 e. The normalized spacial score (nSPS) is 11.1. The molecule has 0 bridgehead atoms. The number of H-pyrrole nitrogens is 1. The first kappa shape index (κ1) is 19.7. The highest BCUT2D eigenvalue weighted by molar-refractivity contribution is 5.77. The van der Waals surface area contributed by atoms with Crippen molar-refractivity contribution in [2.24, 2.45) is 0 Å². The summed E-state index contributed by atoms with van der Waals surface area (Å²) in [6, 6.07) is 17.4. The van der Waals surface area contributed by atoms with E-state index in [0.717, 1.165) is 29.7 Å². The van der Waals surface area contributed by atoms with Gasteiger partial charge in [0.15, 0.2) is 11.2 Å². The molecule has 0 amide bonds. The molecule has 4 rings (SSSR count). The second kappa shape index (κ2) is 8.41. The second-order valence-corrected chi connectivity index (χ2v) is 7.14. The van der Waals surface area contributed by atoms with Gasteiger partial charge in [0.05, 0.1) is 13.7 Å². The fourth-order valence-corrected chi connectivity index (χ4v) is 3.66. The topological polar surface area (TPSA) is 81.9 Å². The van der Waals surface area contributed by atoms with Gasteiger partial charge in [-0.15, -0.1) is 0 Å². The van der Waals surface area contributed by atoms with E-state index in [9.17, 15) is 9.59 Å². The van der Waals surface area contributed by atoms with Crippen molar-refractivity contribution in [1.82, 2.24) is 19.1 Å². The van der Waals surface area contributed by atoms with Crippen LogP contribution >= 0.6 is 0 Å². The van der Waals surface area contributed by atoms with Crippen LogP contribution in [0.4, 0.5) is 0 Å². The number of aryl methyl sites for hydroxylation is 1. The minimum atomic E-state index is -0.438. The third kappa shape index (κ3) is 3.54. The smallest absolute Gasteiger partial charge is 0.330 e. The first-order chi connectivity index (χ1) is 14.6. The molecule has 1 N–H and O–H groups in total. The average molecular weight is 404 g/mol. The van der Waals surface area contributed by atoms with Crippen molar-refractivity contribution in [2.45, 2.75) is 32.9 Å². The van der Waals surface area contributed by atoms with Gasteiger partial charge < -0.3 is 9.30 Å². The van der Waals surface area contributed by atoms with Crippen LogP contribution in [0.5, 0.6) is 5.75 Å². The number of benzene rings is 2.